The summed E-state index contributed by atoms with van der Waals surface area (Å²) in [5.74, 6) is -0.402. The van der Waals surface area contributed by atoms with E-state index in [9.17, 15) is 18.0 Å². The van der Waals surface area contributed by atoms with E-state index >= 15 is 0 Å². The summed E-state index contributed by atoms with van der Waals surface area (Å²) in [5, 5.41) is 9.21. The third-order valence-electron chi connectivity index (χ3n) is 7.48. The molecule has 2 aromatic carbocycles. The number of likely N-dealkylation sites (N-methyl/N-ethyl adjacent to an activating group) is 2. The van der Waals surface area contributed by atoms with Gasteiger partial charge in [0.15, 0.2) is 5.82 Å². The number of benzene rings is 2. The molecule has 14 nitrogen and oxygen atoms in total. The number of fused-ring (bicyclic) bond motifs is 1. The Balaban J connectivity index is 1.79. The molecule has 0 bridgehead atoms. The minimum absolute atomic E-state index is 0.0531. The molecule has 0 radical (unpaired) electrons. The Morgan fingerprint density at radius 2 is 1.85 bits per heavy atom. The molecule has 2 heterocycles. The number of hydrogen-bond donors (Lipinski definition) is 3. The monoisotopic (exact) mass is 680 g/mol. The normalized spacial score (nSPS) is 12.7. The minimum atomic E-state index is -3.58. The van der Waals surface area contributed by atoms with Crippen molar-refractivity contribution in [1.29, 1.82) is 0 Å². The number of ether oxygens (including phenoxy) is 2. The van der Waals surface area contributed by atoms with E-state index in [4.69, 9.17) is 9.47 Å². The standard InChI is InChI=1S/C33H44N8O6S/c1-9-29(42)35-25-18-26(28(46-7)19-27(25)40(6)17-16-39(4)5)37-33-34-20-23(32(43)47-21(2)3)31(38-33)36-24-14-10-12-22-13-11-15-41(30(22)24)48(8,44)45/h9-10,12,14,18-21H,1,11,13,15-17H2,2-8H3,(H,35,42)(H2,34,36,37,38). The van der Waals surface area contributed by atoms with Crippen molar-refractivity contribution in [3.8, 4) is 5.75 Å². The summed E-state index contributed by atoms with van der Waals surface area (Å²) >= 11 is 0. The number of nitrogens with one attached hydrogen (secondary N) is 3. The average Bonchev–Trinajstić information content (AvgIpc) is 3.02. The van der Waals surface area contributed by atoms with Crippen molar-refractivity contribution >= 4 is 62.1 Å². The molecule has 48 heavy (non-hydrogen) atoms. The quantitative estimate of drug-likeness (QED) is 0.163. The molecule has 0 unspecified atom stereocenters. The second-order valence-corrected chi connectivity index (χ2v) is 13.8. The number of nitrogens with zero attached hydrogens (tertiary/aromatic N) is 5. The van der Waals surface area contributed by atoms with Crippen LogP contribution >= 0.6 is 0 Å². The first kappa shape index (κ1) is 36.0. The Morgan fingerprint density at radius 1 is 1.10 bits per heavy atom. The lowest BCUT2D eigenvalue weighted by atomic mass is 10.0. The summed E-state index contributed by atoms with van der Waals surface area (Å²) in [6.45, 7) is 8.81. The third-order valence-corrected chi connectivity index (χ3v) is 8.65. The molecule has 1 amide bonds. The summed E-state index contributed by atoms with van der Waals surface area (Å²) in [6.07, 6.45) is 4.66. The topological polar surface area (TPSA) is 158 Å². The molecule has 258 valence electrons. The van der Waals surface area contributed by atoms with Gasteiger partial charge in [0.25, 0.3) is 0 Å². The molecule has 1 aromatic heterocycles. The highest BCUT2D eigenvalue weighted by Crippen LogP contribution is 2.40. The molecule has 4 rings (SSSR count). The van der Waals surface area contributed by atoms with Gasteiger partial charge in [-0.25, -0.2) is 18.2 Å². The van der Waals surface area contributed by atoms with Gasteiger partial charge >= 0.3 is 5.97 Å². The molecule has 0 atom stereocenters. The molecule has 0 spiro atoms. The van der Waals surface area contributed by atoms with Crippen LogP contribution in [0.5, 0.6) is 5.75 Å². The zero-order chi connectivity index (χ0) is 35.2. The number of para-hydroxylation sites is 1. The average molecular weight is 681 g/mol. The number of hydrogen-bond acceptors (Lipinski definition) is 12. The number of aromatic nitrogens is 2. The fourth-order valence-corrected chi connectivity index (χ4v) is 6.17. The van der Waals surface area contributed by atoms with Crippen LogP contribution in [-0.2, 0) is 26.0 Å². The van der Waals surface area contributed by atoms with Crippen LogP contribution in [0.15, 0.2) is 49.2 Å². The van der Waals surface area contributed by atoms with Crippen LogP contribution in [0.3, 0.4) is 0 Å². The molecule has 0 fully saturated rings. The number of carbonyl (C=O) groups excluding carboxylic acids is 2. The Labute approximate surface area is 282 Å². The molecule has 0 saturated heterocycles. The lowest BCUT2D eigenvalue weighted by Gasteiger charge is -2.31. The maximum absolute atomic E-state index is 13.2. The van der Waals surface area contributed by atoms with Gasteiger partial charge in [0.1, 0.15) is 11.3 Å². The number of methoxy groups -OCH3 is 1. The Bertz CT molecular complexity index is 1780. The van der Waals surface area contributed by atoms with Gasteiger partial charge in [-0.3, -0.25) is 9.10 Å². The fraction of sp³-hybridized carbons (Fsp3) is 0.394. The van der Waals surface area contributed by atoms with Gasteiger partial charge in [0, 0.05) is 38.9 Å². The summed E-state index contributed by atoms with van der Waals surface area (Å²) in [6, 6.07) is 8.94. The maximum atomic E-state index is 13.2. The van der Waals surface area contributed by atoms with Crippen molar-refractivity contribution in [3.05, 3.63) is 60.3 Å². The summed E-state index contributed by atoms with van der Waals surface area (Å²) < 4.78 is 38.1. The zero-order valence-corrected chi connectivity index (χ0v) is 29.3. The van der Waals surface area contributed by atoms with Crippen LogP contribution < -0.4 is 29.9 Å². The lowest BCUT2D eigenvalue weighted by Crippen LogP contribution is -2.35. The second kappa shape index (κ2) is 15.3. The first-order valence-corrected chi connectivity index (χ1v) is 17.3. The molecule has 3 aromatic rings. The van der Waals surface area contributed by atoms with Crippen LogP contribution in [0.2, 0.25) is 0 Å². The van der Waals surface area contributed by atoms with E-state index in [0.717, 1.165) is 12.1 Å². The van der Waals surface area contributed by atoms with Gasteiger partial charge in [0.05, 0.1) is 47.9 Å². The lowest BCUT2D eigenvalue weighted by molar-refractivity contribution is -0.111. The van der Waals surface area contributed by atoms with Crippen molar-refractivity contribution in [3.63, 3.8) is 0 Å². The van der Waals surface area contributed by atoms with Crippen molar-refractivity contribution in [2.75, 3.05) is 79.3 Å². The molecule has 1 aliphatic rings. The van der Waals surface area contributed by atoms with E-state index < -0.39 is 28.0 Å². The van der Waals surface area contributed by atoms with E-state index in [1.165, 1.54) is 29.9 Å². The van der Waals surface area contributed by atoms with Crippen molar-refractivity contribution in [2.24, 2.45) is 0 Å². The largest absolute Gasteiger partial charge is 0.494 e. The minimum Gasteiger partial charge on any atom is -0.494 e. The molecular weight excluding hydrogens is 636 g/mol. The first-order chi connectivity index (χ1) is 22.7. The first-order valence-electron chi connectivity index (χ1n) is 15.4. The number of amides is 1. The predicted octanol–water partition coefficient (Wildman–Crippen LogP) is 4.37. The highest BCUT2D eigenvalue weighted by molar-refractivity contribution is 7.92. The summed E-state index contributed by atoms with van der Waals surface area (Å²) in [7, 11) is 3.81. The van der Waals surface area contributed by atoms with E-state index in [0.29, 0.717) is 60.1 Å². The van der Waals surface area contributed by atoms with Gasteiger partial charge in [-0.1, -0.05) is 18.7 Å². The van der Waals surface area contributed by atoms with Crippen molar-refractivity contribution < 1.29 is 27.5 Å². The molecule has 15 heteroatoms. The number of anilines is 7. The highest BCUT2D eigenvalue weighted by atomic mass is 32.2. The Hall–Kier alpha value is -4.89. The van der Waals surface area contributed by atoms with Crippen LogP contribution in [0, 0.1) is 0 Å². The molecule has 1 aliphatic heterocycles. The van der Waals surface area contributed by atoms with Gasteiger partial charge in [-0.2, -0.15) is 4.98 Å². The van der Waals surface area contributed by atoms with Crippen molar-refractivity contribution in [1.82, 2.24) is 14.9 Å². The van der Waals surface area contributed by atoms with Crippen LogP contribution in [0.1, 0.15) is 36.2 Å². The number of rotatable bonds is 14. The van der Waals surface area contributed by atoms with Crippen LogP contribution in [-0.4, -0.2) is 95.4 Å². The zero-order valence-electron chi connectivity index (χ0n) is 28.5. The van der Waals surface area contributed by atoms with Crippen LogP contribution in [0.4, 0.5) is 40.2 Å². The predicted molar refractivity (Wildman–Crippen MR) is 190 cm³/mol. The fourth-order valence-electron chi connectivity index (χ4n) is 5.16. The summed E-state index contributed by atoms with van der Waals surface area (Å²) in [5.41, 5.74) is 3.51. The Kier molecular flexibility index (Phi) is 11.5. The van der Waals surface area contributed by atoms with Gasteiger partial charge in [-0.05, 0) is 64.6 Å². The van der Waals surface area contributed by atoms with E-state index in [1.54, 1.807) is 32.0 Å². The van der Waals surface area contributed by atoms with Crippen LogP contribution in [0.25, 0.3) is 0 Å². The maximum Gasteiger partial charge on any atom is 0.343 e. The van der Waals surface area contributed by atoms with Crippen molar-refractivity contribution in [2.45, 2.75) is 32.8 Å². The third kappa shape index (κ3) is 8.72. The van der Waals surface area contributed by atoms with E-state index in [1.807, 2.05) is 38.2 Å². The van der Waals surface area contributed by atoms with Gasteiger partial charge in [-0.15, -0.1) is 0 Å². The molecule has 0 aliphatic carbocycles. The van der Waals surface area contributed by atoms with E-state index in [2.05, 4.69) is 37.4 Å². The number of sulfonamides is 1. The highest BCUT2D eigenvalue weighted by Gasteiger charge is 2.28. The van der Waals surface area contributed by atoms with Gasteiger partial charge in [0.2, 0.25) is 21.9 Å². The Morgan fingerprint density at radius 3 is 2.50 bits per heavy atom. The summed E-state index contributed by atoms with van der Waals surface area (Å²) in [4.78, 5) is 38.7. The molecule has 3 N–H and O–H groups in total. The SMILES string of the molecule is C=CC(=O)Nc1cc(Nc2ncc(C(=O)OC(C)C)c(Nc3cccc4c3N(S(C)(=O)=O)CCC4)n2)c(OC)cc1N(C)CCN(C)C. The smallest absolute Gasteiger partial charge is 0.343 e. The van der Waals surface area contributed by atoms with E-state index in [-0.39, 0.29) is 17.3 Å². The number of aryl methyl sites for hydroxylation is 1. The van der Waals surface area contributed by atoms with Gasteiger partial charge < -0.3 is 35.2 Å². The number of esters is 1. The second-order valence-electron chi connectivity index (χ2n) is 11.9. The molecule has 0 saturated carbocycles. The number of carbonyl (C=O) groups is 2. The molecular formula is C33H44N8O6S.